The molecule has 0 aliphatic carbocycles. The van der Waals surface area contributed by atoms with Gasteiger partial charge in [-0.15, -0.1) is 0 Å². The van der Waals surface area contributed by atoms with Crippen molar-refractivity contribution in [3.63, 3.8) is 0 Å². The Kier molecular flexibility index (Phi) is 5.13. The molecule has 1 saturated heterocycles. The van der Waals surface area contributed by atoms with E-state index < -0.39 is 0 Å². The van der Waals surface area contributed by atoms with Crippen LogP contribution < -0.4 is 5.32 Å². The first-order chi connectivity index (χ1) is 13.6. The molecular formula is C22H25N5S. The predicted octanol–water partition coefficient (Wildman–Crippen LogP) is 4.27. The standard InChI is InChI=1S/C22H25N5S/c1-4-12-26-21(20(25-22(26)28)19-9-5-6-11-24-19)18-13-15(2)27(16(18)3)17-8-7-10-23-14-17/h5-11,13-14,20-21H,4,12H2,1-3H3,(H,25,28)/t20-,21-/m0/s1. The Hall–Kier alpha value is -2.73. The fraction of sp³-hybridized carbons (Fsp3) is 0.318. The molecule has 3 aromatic rings. The highest BCUT2D eigenvalue weighted by Gasteiger charge is 2.40. The molecule has 4 heterocycles. The van der Waals surface area contributed by atoms with Gasteiger partial charge in [0.2, 0.25) is 0 Å². The van der Waals surface area contributed by atoms with E-state index in [-0.39, 0.29) is 12.1 Å². The summed E-state index contributed by atoms with van der Waals surface area (Å²) < 4.78 is 2.27. The quantitative estimate of drug-likeness (QED) is 0.658. The van der Waals surface area contributed by atoms with Gasteiger partial charge in [-0.25, -0.2) is 0 Å². The maximum absolute atomic E-state index is 5.71. The zero-order chi connectivity index (χ0) is 19.7. The van der Waals surface area contributed by atoms with Crippen LogP contribution in [-0.2, 0) is 0 Å². The molecule has 5 nitrogen and oxygen atoms in total. The minimum Gasteiger partial charge on any atom is -0.352 e. The summed E-state index contributed by atoms with van der Waals surface area (Å²) in [6.07, 6.45) is 6.59. The van der Waals surface area contributed by atoms with Crippen LogP contribution >= 0.6 is 12.2 Å². The Bertz CT molecular complexity index is 967. The van der Waals surface area contributed by atoms with E-state index in [1.54, 1.807) is 6.20 Å². The highest BCUT2D eigenvalue weighted by molar-refractivity contribution is 7.80. The number of hydrogen-bond donors (Lipinski definition) is 1. The third kappa shape index (κ3) is 3.18. The van der Waals surface area contributed by atoms with Crippen molar-refractivity contribution in [2.24, 2.45) is 0 Å². The number of nitrogens with zero attached hydrogens (tertiary/aromatic N) is 4. The van der Waals surface area contributed by atoms with Crippen molar-refractivity contribution in [1.29, 1.82) is 0 Å². The van der Waals surface area contributed by atoms with Gasteiger partial charge in [-0.2, -0.15) is 0 Å². The lowest BCUT2D eigenvalue weighted by molar-refractivity contribution is 0.316. The molecule has 0 aromatic carbocycles. The third-order valence-electron chi connectivity index (χ3n) is 5.36. The summed E-state index contributed by atoms with van der Waals surface area (Å²) in [5.41, 5.74) is 5.77. The second-order valence-corrected chi connectivity index (χ2v) is 7.58. The fourth-order valence-corrected chi connectivity index (χ4v) is 4.53. The van der Waals surface area contributed by atoms with Gasteiger partial charge in [0.15, 0.2) is 5.11 Å². The number of aromatic nitrogens is 3. The molecule has 0 saturated carbocycles. The number of rotatable bonds is 5. The third-order valence-corrected chi connectivity index (χ3v) is 5.71. The average molecular weight is 392 g/mol. The molecule has 0 bridgehead atoms. The lowest BCUT2D eigenvalue weighted by atomic mass is 9.96. The molecule has 1 N–H and O–H groups in total. The largest absolute Gasteiger partial charge is 0.352 e. The van der Waals surface area contributed by atoms with Gasteiger partial charge in [0, 0.05) is 30.3 Å². The molecule has 0 amide bonds. The molecule has 6 heteroatoms. The van der Waals surface area contributed by atoms with Crippen molar-refractivity contribution in [3.8, 4) is 5.69 Å². The molecule has 2 atom stereocenters. The Morgan fingerprint density at radius 3 is 2.68 bits per heavy atom. The minimum absolute atomic E-state index is 0.0306. The summed E-state index contributed by atoms with van der Waals surface area (Å²) >= 11 is 5.71. The van der Waals surface area contributed by atoms with E-state index in [4.69, 9.17) is 12.2 Å². The highest BCUT2D eigenvalue weighted by atomic mass is 32.1. The summed E-state index contributed by atoms with van der Waals surface area (Å²) in [5.74, 6) is 0. The van der Waals surface area contributed by atoms with Crippen LogP contribution in [0.25, 0.3) is 5.69 Å². The van der Waals surface area contributed by atoms with Crippen molar-refractivity contribution in [2.45, 2.75) is 39.3 Å². The van der Waals surface area contributed by atoms with E-state index in [9.17, 15) is 0 Å². The summed E-state index contributed by atoms with van der Waals surface area (Å²) in [6, 6.07) is 12.5. The van der Waals surface area contributed by atoms with Crippen LogP contribution in [0, 0.1) is 13.8 Å². The number of thiocarbonyl (C=S) groups is 1. The lowest BCUT2D eigenvalue weighted by Gasteiger charge is -2.27. The van der Waals surface area contributed by atoms with Crippen molar-refractivity contribution in [3.05, 3.63) is 77.6 Å². The van der Waals surface area contributed by atoms with Crippen LogP contribution in [0.3, 0.4) is 0 Å². The highest BCUT2D eigenvalue weighted by Crippen LogP contribution is 2.41. The van der Waals surface area contributed by atoms with Crippen LogP contribution in [0.1, 0.15) is 48.1 Å². The molecule has 3 aromatic heterocycles. The van der Waals surface area contributed by atoms with Gasteiger partial charge >= 0.3 is 0 Å². The Labute approximate surface area is 171 Å². The van der Waals surface area contributed by atoms with Crippen LogP contribution in [-0.4, -0.2) is 31.1 Å². The Morgan fingerprint density at radius 1 is 1.14 bits per heavy atom. The summed E-state index contributed by atoms with van der Waals surface area (Å²) in [5, 5.41) is 4.32. The first-order valence-corrected chi connectivity index (χ1v) is 10.1. The predicted molar refractivity (Wildman–Crippen MR) is 115 cm³/mol. The number of hydrogen-bond acceptors (Lipinski definition) is 3. The van der Waals surface area contributed by atoms with Crippen molar-refractivity contribution < 1.29 is 0 Å². The van der Waals surface area contributed by atoms with E-state index >= 15 is 0 Å². The van der Waals surface area contributed by atoms with Gasteiger partial charge in [0.25, 0.3) is 0 Å². The van der Waals surface area contributed by atoms with Gasteiger partial charge in [-0.1, -0.05) is 13.0 Å². The normalized spacial score (nSPS) is 19.1. The number of pyridine rings is 2. The summed E-state index contributed by atoms with van der Waals surface area (Å²) in [6.45, 7) is 7.42. The van der Waals surface area contributed by atoms with Gasteiger partial charge in [0.1, 0.15) is 0 Å². The van der Waals surface area contributed by atoms with E-state index in [0.717, 1.165) is 29.5 Å². The zero-order valence-corrected chi connectivity index (χ0v) is 17.3. The van der Waals surface area contributed by atoms with Gasteiger partial charge in [-0.05, 0) is 68.4 Å². The SMILES string of the molecule is CCCN1C(=S)N[C@@H](c2ccccn2)[C@@H]1c1cc(C)n(-c2cccnc2)c1C. The number of nitrogens with one attached hydrogen (secondary N) is 1. The lowest BCUT2D eigenvalue weighted by Crippen LogP contribution is -2.30. The molecule has 0 unspecified atom stereocenters. The van der Waals surface area contributed by atoms with Crippen LogP contribution in [0.2, 0.25) is 0 Å². The molecule has 1 fully saturated rings. The summed E-state index contributed by atoms with van der Waals surface area (Å²) in [4.78, 5) is 11.2. The average Bonchev–Trinajstić information content (AvgIpc) is 3.19. The molecular weight excluding hydrogens is 366 g/mol. The smallest absolute Gasteiger partial charge is 0.170 e. The van der Waals surface area contributed by atoms with Gasteiger partial charge in [0.05, 0.1) is 29.7 Å². The summed E-state index contributed by atoms with van der Waals surface area (Å²) in [7, 11) is 0. The number of aryl methyl sites for hydroxylation is 1. The first kappa shape index (κ1) is 18.6. The van der Waals surface area contributed by atoms with Crippen LogP contribution in [0.4, 0.5) is 0 Å². The molecule has 144 valence electrons. The monoisotopic (exact) mass is 391 g/mol. The maximum atomic E-state index is 5.71. The maximum Gasteiger partial charge on any atom is 0.170 e. The second-order valence-electron chi connectivity index (χ2n) is 7.19. The Morgan fingerprint density at radius 2 is 2.00 bits per heavy atom. The Balaban J connectivity index is 1.83. The van der Waals surface area contributed by atoms with Crippen LogP contribution in [0.15, 0.2) is 55.0 Å². The van der Waals surface area contributed by atoms with Gasteiger partial charge in [-0.3, -0.25) is 9.97 Å². The van der Waals surface area contributed by atoms with Gasteiger partial charge < -0.3 is 14.8 Å². The topological polar surface area (TPSA) is 46.0 Å². The molecule has 4 rings (SSSR count). The van der Waals surface area contributed by atoms with E-state index in [0.29, 0.717) is 0 Å². The first-order valence-electron chi connectivity index (χ1n) is 9.69. The molecule has 28 heavy (non-hydrogen) atoms. The van der Waals surface area contributed by atoms with E-state index in [1.165, 1.54) is 17.0 Å². The second kappa shape index (κ2) is 7.72. The van der Waals surface area contributed by atoms with E-state index in [2.05, 4.69) is 63.7 Å². The zero-order valence-electron chi connectivity index (χ0n) is 16.5. The van der Waals surface area contributed by atoms with Crippen molar-refractivity contribution >= 4 is 17.3 Å². The van der Waals surface area contributed by atoms with Crippen molar-refractivity contribution in [1.82, 2.24) is 24.8 Å². The molecule has 1 aliphatic heterocycles. The fourth-order valence-electron chi connectivity index (χ4n) is 4.20. The van der Waals surface area contributed by atoms with Crippen LogP contribution in [0.5, 0.6) is 0 Å². The van der Waals surface area contributed by atoms with E-state index in [1.807, 2.05) is 30.6 Å². The molecule has 0 radical (unpaired) electrons. The molecule has 1 aliphatic rings. The molecule has 0 spiro atoms. The van der Waals surface area contributed by atoms with Crippen molar-refractivity contribution in [2.75, 3.05) is 6.54 Å². The minimum atomic E-state index is 0.0306.